The topological polar surface area (TPSA) is 132 Å². The van der Waals surface area contributed by atoms with Gasteiger partial charge in [-0.1, -0.05) is 24.3 Å². The van der Waals surface area contributed by atoms with Crippen molar-refractivity contribution in [2.24, 2.45) is 28.3 Å². The standard InChI is InChI=1S/C20H30N6O2/c1-14-4-2-3-5-17(14)12-23-19-24-13-18(26(27)28)20(22,25-19)10-15-6-8-16(11-21)9-7-15/h2-5,13,15-16H,6-12,21-22H2,1H3,(H2,23,24,25). The lowest BCUT2D eigenvalue weighted by Gasteiger charge is -2.37. The second kappa shape index (κ2) is 8.70. The van der Waals surface area contributed by atoms with Crippen LogP contribution in [0.15, 0.2) is 41.2 Å². The molecule has 152 valence electrons. The van der Waals surface area contributed by atoms with Crippen molar-refractivity contribution in [3.8, 4) is 0 Å². The minimum Gasteiger partial charge on any atom is -0.330 e. The Hall–Kier alpha value is -2.45. The number of nitrogens with zero attached hydrogens (tertiary/aromatic N) is 2. The molecule has 0 saturated heterocycles. The molecule has 3 rings (SSSR count). The average molecular weight is 387 g/mol. The average Bonchev–Trinajstić information content (AvgIpc) is 2.67. The third-order valence-corrected chi connectivity index (χ3v) is 5.92. The first-order chi connectivity index (χ1) is 13.4. The van der Waals surface area contributed by atoms with Crippen molar-refractivity contribution in [3.05, 3.63) is 57.4 Å². The van der Waals surface area contributed by atoms with E-state index in [1.165, 1.54) is 6.20 Å². The fourth-order valence-corrected chi connectivity index (χ4v) is 4.11. The SMILES string of the molecule is Cc1ccccc1CN=C1NC=C([N+](=O)[O-])C(N)(CC2CCC(CN)CC2)N1. The van der Waals surface area contributed by atoms with Gasteiger partial charge in [-0.25, -0.2) is 4.99 Å². The van der Waals surface area contributed by atoms with Crippen molar-refractivity contribution in [2.75, 3.05) is 6.54 Å². The van der Waals surface area contributed by atoms with Crippen LogP contribution in [0.4, 0.5) is 0 Å². The van der Waals surface area contributed by atoms with Gasteiger partial charge in [-0.05, 0) is 68.5 Å². The summed E-state index contributed by atoms with van der Waals surface area (Å²) in [6, 6.07) is 8.01. The smallest absolute Gasteiger partial charge is 0.301 e. The predicted molar refractivity (Wildman–Crippen MR) is 110 cm³/mol. The Morgan fingerprint density at radius 3 is 2.57 bits per heavy atom. The number of nitro groups is 1. The molecule has 6 N–H and O–H groups in total. The summed E-state index contributed by atoms with van der Waals surface area (Å²) in [7, 11) is 0. The summed E-state index contributed by atoms with van der Waals surface area (Å²) in [6.07, 6.45) is 5.98. The lowest BCUT2D eigenvalue weighted by atomic mass is 9.77. The minimum absolute atomic E-state index is 0.0525. The van der Waals surface area contributed by atoms with E-state index >= 15 is 0 Å². The van der Waals surface area contributed by atoms with Crippen LogP contribution in [-0.2, 0) is 6.54 Å². The molecule has 0 aromatic heterocycles. The van der Waals surface area contributed by atoms with Gasteiger partial charge in [-0.2, -0.15) is 0 Å². The Morgan fingerprint density at radius 2 is 1.93 bits per heavy atom. The van der Waals surface area contributed by atoms with Crippen LogP contribution in [0.1, 0.15) is 43.2 Å². The fourth-order valence-electron chi connectivity index (χ4n) is 4.11. The van der Waals surface area contributed by atoms with Crippen LogP contribution in [0, 0.1) is 28.9 Å². The second-order valence-corrected chi connectivity index (χ2v) is 7.95. The summed E-state index contributed by atoms with van der Waals surface area (Å²) in [5.41, 5.74) is 13.3. The Morgan fingerprint density at radius 1 is 1.25 bits per heavy atom. The number of aryl methyl sites for hydroxylation is 1. The number of rotatable bonds is 6. The van der Waals surface area contributed by atoms with E-state index < -0.39 is 10.6 Å². The number of benzene rings is 1. The van der Waals surface area contributed by atoms with Crippen LogP contribution in [0.25, 0.3) is 0 Å². The van der Waals surface area contributed by atoms with Gasteiger partial charge in [0.15, 0.2) is 11.6 Å². The summed E-state index contributed by atoms with van der Waals surface area (Å²) < 4.78 is 0. The normalized spacial score (nSPS) is 29.0. The van der Waals surface area contributed by atoms with Crippen LogP contribution in [0.2, 0.25) is 0 Å². The fraction of sp³-hybridized carbons (Fsp3) is 0.550. The molecule has 8 heteroatoms. The molecule has 1 aromatic rings. The largest absolute Gasteiger partial charge is 0.330 e. The molecule has 0 bridgehead atoms. The van der Waals surface area contributed by atoms with Crippen LogP contribution < -0.4 is 22.1 Å². The van der Waals surface area contributed by atoms with Crippen molar-refractivity contribution < 1.29 is 4.92 Å². The summed E-state index contributed by atoms with van der Waals surface area (Å²) in [6.45, 7) is 3.21. The first-order valence-electron chi connectivity index (χ1n) is 9.89. The van der Waals surface area contributed by atoms with Gasteiger partial charge in [0.1, 0.15) is 0 Å². The van der Waals surface area contributed by atoms with Gasteiger partial charge in [0, 0.05) is 0 Å². The van der Waals surface area contributed by atoms with E-state index in [1.54, 1.807) is 0 Å². The van der Waals surface area contributed by atoms with E-state index in [0.717, 1.165) is 36.8 Å². The van der Waals surface area contributed by atoms with Crippen LogP contribution in [-0.4, -0.2) is 23.1 Å². The van der Waals surface area contributed by atoms with Gasteiger partial charge < -0.3 is 16.4 Å². The molecule has 0 amide bonds. The second-order valence-electron chi connectivity index (χ2n) is 7.95. The lowest BCUT2D eigenvalue weighted by molar-refractivity contribution is -0.437. The van der Waals surface area contributed by atoms with Gasteiger partial charge in [0.25, 0.3) is 0 Å². The molecule has 0 radical (unpaired) electrons. The molecule has 1 fully saturated rings. The van der Waals surface area contributed by atoms with Crippen molar-refractivity contribution >= 4 is 5.96 Å². The highest BCUT2D eigenvalue weighted by Gasteiger charge is 2.44. The van der Waals surface area contributed by atoms with E-state index in [0.29, 0.717) is 37.3 Å². The van der Waals surface area contributed by atoms with E-state index in [9.17, 15) is 10.1 Å². The van der Waals surface area contributed by atoms with Crippen molar-refractivity contribution in [1.29, 1.82) is 0 Å². The van der Waals surface area contributed by atoms with Gasteiger partial charge in [0.05, 0.1) is 17.7 Å². The Kier molecular flexibility index (Phi) is 6.31. The van der Waals surface area contributed by atoms with Crippen molar-refractivity contribution in [3.63, 3.8) is 0 Å². The van der Waals surface area contributed by atoms with E-state index in [4.69, 9.17) is 11.5 Å². The molecule has 1 heterocycles. The summed E-state index contributed by atoms with van der Waals surface area (Å²) in [4.78, 5) is 15.7. The van der Waals surface area contributed by atoms with Gasteiger partial charge in [-0.3, -0.25) is 15.8 Å². The third-order valence-electron chi connectivity index (χ3n) is 5.92. The number of hydrogen-bond acceptors (Lipinski definition) is 5. The zero-order valence-electron chi connectivity index (χ0n) is 16.4. The Bertz CT molecular complexity index is 770. The van der Waals surface area contributed by atoms with Crippen molar-refractivity contribution in [1.82, 2.24) is 10.6 Å². The zero-order chi connectivity index (χ0) is 20.1. The van der Waals surface area contributed by atoms with Crippen molar-refractivity contribution in [2.45, 2.75) is 51.2 Å². The molecule has 1 aromatic carbocycles. The summed E-state index contributed by atoms with van der Waals surface area (Å²) in [5, 5.41) is 17.6. The van der Waals surface area contributed by atoms with E-state index in [-0.39, 0.29) is 5.70 Å². The molecule has 1 aliphatic heterocycles. The Balaban J connectivity index is 1.73. The highest BCUT2D eigenvalue weighted by atomic mass is 16.6. The lowest BCUT2D eigenvalue weighted by Crippen LogP contribution is -2.64. The van der Waals surface area contributed by atoms with Gasteiger partial charge in [-0.15, -0.1) is 0 Å². The van der Waals surface area contributed by atoms with Gasteiger partial charge >= 0.3 is 5.70 Å². The van der Waals surface area contributed by atoms with Crippen LogP contribution in [0.5, 0.6) is 0 Å². The number of nitrogens with two attached hydrogens (primary N) is 2. The maximum absolute atomic E-state index is 11.6. The highest BCUT2D eigenvalue weighted by Crippen LogP contribution is 2.34. The predicted octanol–water partition coefficient (Wildman–Crippen LogP) is 1.97. The number of nitrogens with one attached hydrogen (secondary N) is 2. The molecule has 1 saturated carbocycles. The zero-order valence-corrected chi connectivity index (χ0v) is 16.4. The molecular weight excluding hydrogens is 356 g/mol. The number of hydrogen-bond donors (Lipinski definition) is 4. The number of guanidine groups is 1. The highest BCUT2D eigenvalue weighted by molar-refractivity contribution is 5.83. The van der Waals surface area contributed by atoms with Crippen LogP contribution >= 0.6 is 0 Å². The summed E-state index contributed by atoms with van der Waals surface area (Å²) in [5.74, 6) is 1.36. The Labute approximate surface area is 165 Å². The molecule has 28 heavy (non-hydrogen) atoms. The minimum atomic E-state index is -1.24. The summed E-state index contributed by atoms with van der Waals surface area (Å²) >= 11 is 0. The molecule has 1 unspecified atom stereocenters. The molecule has 8 nitrogen and oxygen atoms in total. The first-order valence-corrected chi connectivity index (χ1v) is 9.89. The third kappa shape index (κ3) is 4.69. The van der Waals surface area contributed by atoms with Crippen LogP contribution in [0.3, 0.4) is 0 Å². The quantitative estimate of drug-likeness (QED) is 0.437. The molecule has 0 spiro atoms. The number of aliphatic imine (C=N–C) groups is 1. The van der Waals surface area contributed by atoms with E-state index in [2.05, 4.69) is 15.6 Å². The van der Waals surface area contributed by atoms with E-state index in [1.807, 2.05) is 31.2 Å². The first kappa shape index (κ1) is 20.3. The maximum Gasteiger partial charge on any atom is 0.301 e. The van der Waals surface area contributed by atoms with Gasteiger partial charge in [0.2, 0.25) is 0 Å². The molecule has 1 aliphatic carbocycles. The molecule has 2 aliphatic rings. The maximum atomic E-state index is 11.6. The molecule has 1 atom stereocenters. The molecular formula is C20H30N6O2. The monoisotopic (exact) mass is 386 g/mol.